The van der Waals surface area contributed by atoms with Crippen LogP contribution in [0.3, 0.4) is 0 Å². The van der Waals surface area contributed by atoms with Crippen molar-refractivity contribution in [2.24, 2.45) is 0 Å². The third kappa shape index (κ3) is 63.6. The second kappa shape index (κ2) is 49.9. The summed E-state index contributed by atoms with van der Waals surface area (Å²) in [5.41, 5.74) is 6.45. The Morgan fingerprint density at radius 3 is 0.923 bits per heavy atom. The molecule has 54 valence electrons. The first kappa shape index (κ1) is 57.8. The molecule has 0 aliphatic rings. The van der Waals surface area contributed by atoms with Gasteiger partial charge >= 0.3 is 0 Å². The van der Waals surface area contributed by atoms with Crippen LogP contribution in [0.4, 0.5) is 0 Å². The molecule has 11 heteroatoms. The minimum atomic E-state index is 0. The molecule has 13 heavy (non-hydrogen) atoms. The van der Waals surface area contributed by atoms with Gasteiger partial charge in [-0.2, -0.15) is 0 Å². The van der Waals surface area contributed by atoms with Gasteiger partial charge in [0.1, 0.15) is 0 Å². The van der Waals surface area contributed by atoms with E-state index in [1.165, 1.54) is 0 Å². The van der Waals surface area contributed by atoms with E-state index in [9.17, 15) is 0 Å². The van der Waals surface area contributed by atoms with Gasteiger partial charge in [0.05, 0.1) is 0 Å². The van der Waals surface area contributed by atoms with Crippen LogP contribution in [0.25, 0.3) is 5.73 Å². The first-order valence-electron chi connectivity index (χ1n) is 1.20. The van der Waals surface area contributed by atoms with Crippen molar-refractivity contribution in [2.75, 3.05) is 7.05 Å². The fraction of sp³-hybridized carbons (Fsp3) is 0.500. The second-order valence-corrected chi connectivity index (χ2v) is 0.987. The molecule has 2 nitrogen and oxygen atoms in total. The van der Waals surface area contributed by atoms with Gasteiger partial charge in [0.2, 0.25) is 0 Å². The Morgan fingerprint density at radius 1 is 0.846 bits per heavy atom. The largest absolute Gasteiger partial charge is 0.476 e. The van der Waals surface area contributed by atoms with Crippen LogP contribution in [-0.2, 0) is 262 Å². The van der Waals surface area contributed by atoms with E-state index in [0.29, 0.717) is 0 Å². The molecule has 8 radical (unpaired) electrons. The van der Waals surface area contributed by atoms with Crippen LogP contribution in [0.2, 0.25) is 0 Å². The van der Waals surface area contributed by atoms with E-state index in [1.807, 2.05) is 0 Å². The molecule has 0 aromatic rings. The van der Waals surface area contributed by atoms with E-state index in [-0.39, 0.29) is 267 Å². The van der Waals surface area contributed by atoms with Gasteiger partial charge in [0, 0.05) is 262 Å². The molecule has 0 saturated heterocycles. The monoisotopic (exact) mass is 800 g/mol. The SMILES string of the molecule is CNC([NH-])=S.[Y].[Y].[Y].[Y].[Y].[Y].[Y].[Y]. The summed E-state index contributed by atoms with van der Waals surface area (Å²) in [4.78, 5) is 0. The Morgan fingerprint density at radius 2 is 0.923 bits per heavy atom. The molecular weight excluding hydrogens is 795 g/mol. The maximum atomic E-state index is 6.45. The summed E-state index contributed by atoms with van der Waals surface area (Å²) < 4.78 is 0. The quantitative estimate of drug-likeness (QED) is 0.364. The number of hydrogen-bond donors (Lipinski definition) is 1. The summed E-state index contributed by atoms with van der Waals surface area (Å²) in [6.45, 7) is 0. The molecule has 0 fully saturated rings. The van der Waals surface area contributed by atoms with Crippen LogP contribution in [0.1, 0.15) is 0 Å². The summed E-state index contributed by atoms with van der Waals surface area (Å²) in [7, 11) is 1.62. The van der Waals surface area contributed by atoms with Gasteiger partial charge in [-0.05, 0) is 5.11 Å². The van der Waals surface area contributed by atoms with E-state index in [2.05, 4.69) is 17.5 Å². The van der Waals surface area contributed by atoms with E-state index < -0.39 is 0 Å². The molecule has 0 aliphatic carbocycles. The molecule has 0 heterocycles. The zero-order chi connectivity index (χ0) is 4.28. The Bertz CT molecular complexity index is 55.4. The number of hydrogen-bond acceptors (Lipinski definition) is 1. The van der Waals surface area contributed by atoms with Gasteiger partial charge in [-0.25, -0.2) is 0 Å². The van der Waals surface area contributed by atoms with Crippen LogP contribution in [0.15, 0.2) is 0 Å². The third-order valence-corrected chi connectivity index (χ3v) is 0.431. The predicted molar refractivity (Wildman–Crippen MR) is 26.0 cm³/mol. The molecule has 0 aliphatic heterocycles. The average Bonchev–Trinajstić information content (AvgIpc) is 1.38. The van der Waals surface area contributed by atoms with Crippen molar-refractivity contribution in [1.82, 2.24) is 5.32 Å². The topological polar surface area (TPSA) is 35.8 Å². The van der Waals surface area contributed by atoms with Crippen LogP contribution in [-0.4, -0.2) is 12.2 Å². The summed E-state index contributed by atoms with van der Waals surface area (Å²) >= 11 is 4.25. The summed E-state index contributed by atoms with van der Waals surface area (Å²) in [6, 6.07) is 0. The minimum Gasteiger partial charge on any atom is -0.476 e. The van der Waals surface area contributed by atoms with Gasteiger partial charge in [-0.3, -0.25) is 0 Å². The Labute approximate surface area is 287 Å². The normalized spacial score (nSPS) is 2.54. The van der Waals surface area contributed by atoms with Crippen LogP contribution in [0, 0.1) is 0 Å². The van der Waals surface area contributed by atoms with E-state index in [1.54, 1.807) is 7.05 Å². The van der Waals surface area contributed by atoms with Crippen LogP contribution in [0.5, 0.6) is 0 Å². The number of rotatable bonds is 0. The van der Waals surface area contributed by atoms with Crippen molar-refractivity contribution < 1.29 is 262 Å². The van der Waals surface area contributed by atoms with Gasteiger partial charge in [-0.1, -0.05) is 19.3 Å². The van der Waals surface area contributed by atoms with Gasteiger partial charge in [0.25, 0.3) is 0 Å². The molecule has 0 rings (SSSR count). The number of nitrogens with one attached hydrogen (secondary N) is 2. The maximum Gasteiger partial charge on any atom is 0 e. The first-order chi connectivity index (χ1) is 2.27. The molecule has 2 N–H and O–H groups in total. The average molecular weight is 800 g/mol. The van der Waals surface area contributed by atoms with Gasteiger partial charge in [-0.15, -0.1) is 0 Å². The standard InChI is InChI=1S/C2H6N2S.8Y/c1-4-2(3)5;;;;;;;;/h1H3,(H3,3,4,5);;;;;;;;/p-1. The predicted octanol–water partition coefficient (Wildman–Crippen LogP) is 0.523. The zero-order valence-corrected chi connectivity index (χ0v) is 31.0. The van der Waals surface area contributed by atoms with E-state index >= 15 is 0 Å². The minimum absolute atomic E-state index is 0. The van der Waals surface area contributed by atoms with Crippen molar-refractivity contribution in [1.29, 1.82) is 0 Å². The molecule has 0 aromatic carbocycles. The molecule has 0 saturated carbocycles. The fourth-order valence-corrected chi connectivity index (χ4v) is 0. The van der Waals surface area contributed by atoms with Gasteiger partial charge in [0.15, 0.2) is 0 Å². The van der Waals surface area contributed by atoms with E-state index in [0.717, 1.165) is 0 Å². The Balaban J connectivity index is -0.00000000286. The second-order valence-electron chi connectivity index (χ2n) is 0.579. The van der Waals surface area contributed by atoms with Crippen molar-refractivity contribution in [3.8, 4) is 0 Å². The van der Waals surface area contributed by atoms with Crippen molar-refractivity contribution >= 4 is 17.3 Å². The molecule has 0 bridgehead atoms. The van der Waals surface area contributed by atoms with E-state index in [4.69, 9.17) is 5.73 Å². The summed E-state index contributed by atoms with van der Waals surface area (Å²) in [5.74, 6) is 0. The van der Waals surface area contributed by atoms with Gasteiger partial charge < -0.3 is 11.1 Å². The third-order valence-electron chi connectivity index (χ3n) is 0.227. The number of thiocarbonyl (C=S) groups is 1. The molecule has 0 spiro atoms. The van der Waals surface area contributed by atoms with Crippen molar-refractivity contribution in [3.05, 3.63) is 5.73 Å². The first-order valence-corrected chi connectivity index (χ1v) is 1.61. The Kier molecular flexibility index (Phi) is 222. The molecule has 0 amide bonds. The molecule has 0 atom stereocenters. The zero-order valence-electron chi connectivity index (χ0n) is 7.53. The van der Waals surface area contributed by atoms with Crippen LogP contribution >= 0.6 is 12.2 Å². The summed E-state index contributed by atoms with van der Waals surface area (Å²) in [5, 5.41) is 2.51. The fourth-order valence-electron chi connectivity index (χ4n) is 0. The molecule has 0 unspecified atom stereocenters. The van der Waals surface area contributed by atoms with Crippen LogP contribution < -0.4 is 5.32 Å². The Hall–Kier alpha value is 8.52. The maximum absolute atomic E-state index is 6.45. The van der Waals surface area contributed by atoms with Crippen molar-refractivity contribution in [3.63, 3.8) is 0 Å². The molecule has 0 aromatic heterocycles. The smallest absolute Gasteiger partial charge is 0 e. The van der Waals surface area contributed by atoms with Crippen molar-refractivity contribution in [2.45, 2.75) is 0 Å². The summed E-state index contributed by atoms with van der Waals surface area (Å²) in [6.07, 6.45) is 0. The molecular formula is C2H5N2SY8-.